The summed E-state index contributed by atoms with van der Waals surface area (Å²) >= 11 is 0. The van der Waals surface area contributed by atoms with Crippen molar-refractivity contribution in [3.63, 3.8) is 0 Å². The number of carbonyl (C=O) groups is 1. The number of ether oxygens (including phenoxy) is 1. The monoisotopic (exact) mass is 268 g/mol. The van der Waals surface area contributed by atoms with E-state index in [0.717, 1.165) is 30.4 Å². The van der Waals surface area contributed by atoms with Crippen molar-refractivity contribution in [2.75, 3.05) is 6.61 Å². The lowest BCUT2D eigenvalue weighted by Crippen LogP contribution is -2.53. The second-order valence-electron chi connectivity index (χ2n) is 5.59. The van der Waals surface area contributed by atoms with Gasteiger partial charge in [0.1, 0.15) is 0 Å². The molecule has 1 saturated carbocycles. The molecule has 2 aliphatic rings. The molecule has 0 unspecified atom stereocenters. The number of para-hydroxylation sites is 1. The molecule has 1 N–H and O–H groups in total. The minimum atomic E-state index is -0.0291. The van der Waals surface area contributed by atoms with Gasteiger partial charge in [-0.05, 0) is 25.0 Å². The highest BCUT2D eigenvalue weighted by Crippen LogP contribution is 2.38. The fourth-order valence-corrected chi connectivity index (χ4v) is 3.21. The summed E-state index contributed by atoms with van der Waals surface area (Å²) in [5.41, 5.74) is 1.54. The standard InChI is InChI=1S/C16H16N2O2/c19-16(18-14-8-15-12(14)5-6-20-15)11-7-10-3-1-2-4-13(10)17-9-11/h1-4,7,9,12,14-15H,5-6,8H2,(H,18,19)/t12-,14+,15+/m1/s1. The molecule has 1 aromatic carbocycles. The summed E-state index contributed by atoms with van der Waals surface area (Å²) in [6, 6.07) is 9.99. The third kappa shape index (κ3) is 1.88. The number of hydrogen-bond donors (Lipinski definition) is 1. The van der Waals surface area contributed by atoms with E-state index >= 15 is 0 Å². The Balaban J connectivity index is 1.52. The van der Waals surface area contributed by atoms with E-state index in [0.29, 0.717) is 17.6 Å². The highest BCUT2D eigenvalue weighted by atomic mass is 16.5. The van der Waals surface area contributed by atoms with Crippen molar-refractivity contribution < 1.29 is 9.53 Å². The van der Waals surface area contributed by atoms with E-state index in [1.165, 1.54) is 0 Å². The van der Waals surface area contributed by atoms with E-state index in [-0.39, 0.29) is 11.9 Å². The summed E-state index contributed by atoms with van der Waals surface area (Å²) in [5, 5.41) is 4.11. The minimum Gasteiger partial charge on any atom is -0.378 e. The van der Waals surface area contributed by atoms with Crippen LogP contribution in [0, 0.1) is 5.92 Å². The summed E-state index contributed by atoms with van der Waals surface area (Å²) in [4.78, 5) is 16.6. The molecule has 4 nitrogen and oxygen atoms in total. The van der Waals surface area contributed by atoms with Gasteiger partial charge in [0.15, 0.2) is 0 Å². The third-order valence-corrected chi connectivity index (χ3v) is 4.43. The number of carbonyl (C=O) groups excluding carboxylic acids is 1. The average Bonchev–Trinajstić information content (AvgIpc) is 2.85. The molecule has 1 saturated heterocycles. The highest BCUT2D eigenvalue weighted by Gasteiger charge is 2.45. The lowest BCUT2D eigenvalue weighted by atomic mass is 9.76. The highest BCUT2D eigenvalue weighted by molar-refractivity contribution is 5.97. The number of nitrogens with zero attached hydrogens (tertiary/aromatic N) is 1. The van der Waals surface area contributed by atoms with Crippen LogP contribution >= 0.6 is 0 Å². The maximum atomic E-state index is 12.3. The van der Waals surface area contributed by atoms with Gasteiger partial charge in [-0.3, -0.25) is 9.78 Å². The Labute approximate surface area is 117 Å². The molecule has 102 valence electrons. The first kappa shape index (κ1) is 11.9. The van der Waals surface area contributed by atoms with Gasteiger partial charge in [0, 0.05) is 30.1 Å². The number of amides is 1. The second kappa shape index (κ2) is 4.56. The first-order valence-corrected chi connectivity index (χ1v) is 7.08. The Hall–Kier alpha value is -1.94. The molecule has 4 heteroatoms. The Morgan fingerprint density at radius 1 is 1.35 bits per heavy atom. The van der Waals surface area contributed by atoms with Crippen molar-refractivity contribution in [2.45, 2.75) is 25.0 Å². The van der Waals surface area contributed by atoms with Gasteiger partial charge in [-0.1, -0.05) is 18.2 Å². The molecule has 0 radical (unpaired) electrons. The van der Waals surface area contributed by atoms with E-state index < -0.39 is 0 Å². The lowest BCUT2D eigenvalue weighted by molar-refractivity contribution is 0.00809. The molecule has 4 rings (SSSR count). The SMILES string of the molecule is O=C(N[C@H]1C[C@@H]2OCC[C@H]12)c1cnc2ccccc2c1. The molecule has 1 amide bonds. The van der Waals surface area contributed by atoms with Crippen LogP contribution in [0.1, 0.15) is 23.2 Å². The van der Waals surface area contributed by atoms with Crippen LogP contribution in [0.15, 0.2) is 36.5 Å². The number of pyridine rings is 1. The molecule has 1 aliphatic carbocycles. The van der Waals surface area contributed by atoms with Gasteiger partial charge in [0.25, 0.3) is 5.91 Å². The zero-order valence-corrected chi connectivity index (χ0v) is 11.1. The molecule has 2 fully saturated rings. The Morgan fingerprint density at radius 2 is 2.25 bits per heavy atom. The zero-order chi connectivity index (χ0) is 13.5. The van der Waals surface area contributed by atoms with Crippen molar-refractivity contribution in [1.29, 1.82) is 0 Å². The fourth-order valence-electron chi connectivity index (χ4n) is 3.21. The molecule has 20 heavy (non-hydrogen) atoms. The van der Waals surface area contributed by atoms with Crippen LogP contribution in [0.5, 0.6) is 0 Å². The van der Waals surface area contributed by atoms with Gasteiger partial charge >= 0.3 is 0 Å². The van der Waals surface area contributed by atoms with Crippen molar-refractivity contribution in [3.8, 4) is 0 Å². The normalized spacial score (nSPS) is 27.9. The van der Waals surface area contributed by atoms with Gasteiger partial charge in [-0.25, -0.2) is 0 Å². The smallest absolute Gasteiger partial charge is 0.253 e. The van der Waals surface area contributed by atoms with Crippen molar-refractivity contribution in [3.05, 3.63) is 42.1 Å². The molecular weight excluding hydrogens is 252 g/mol. The van der Waals surface area contributed by atoms with Gasteiger partial charge < -0.3 is 10.1 Å². The van der Waals surface area contributed by atoms with E-state index in [1.54, 1.807) is 6.20 Å². The Kier molecular flexibility index (Phi) is 2.70. The minimum absolute atomic E-state index is 0.0291. The number of hydrogen-bond acceptors (Lipinski definition) is 3. The van der Waals surface area contributed by atoms with E-state index in [4.69, 9.17) is 4.74 Å². The van der Waals surface area contributed by atoms with Crippen molar-refractivity contribution in [2.24, 2.45) is 5.92 Å². The molecular formula is C16H16N2O2. The van der Waals surface area contributed by atoms with Gasteiger partial charge in [0.2, 0.25) is 0 Å². The molecule has 2 heterocycles. The molecule has 0 bridgehead atoms. The van der Waals surface area contributed by atoms with E-state index in [9.17, 15) is 4.79 Å². The first-order chi connectivity index (χ1) is 9.81. The topological polar surface area (TPSA) is 51.2 Å². The van der Waals surface area contributed by atoms with Gasteiger partial charge in [-0.2, -0.15) is 0 Å². The molecule has 2 aromatic rings. The first-order valence-electron chi connectivity index (χ1n) is 7.08. The van der Waals surface area contributed by atoms with Crippen molar-refractivity contribution in [1.82, 2.24) is 10.3 Å². The fraction of sp³-hybridized carbons (Fsp3) is 0.375. The number of fused-ring (bicyclic) bond motifs is 2. The van der Waals surface area contributed by atoms with Crippen LogP contribution in [-0.2, 0) is 4.74 Å². The third-order valence-electron chi connectivity index (χ3n) is 4.43. The predicted molar refractivity (Wildman–Crippen MR) is 75.5 cm³/mol. The van der Waals surface area contributed by atoms with Crippen LogP contribution in [-0.4, -0.2) is 29.6 Å². The average molecular weight is 268 g/mol. The molecule has 0 spiro atoms. The summed E-state index contributed by atoms with van der Waals surface area (Å²) in [5.74, 6) is 0.478. The van der Waals surface area contributed by atoms with Crippen LogP contribution in [0.2, 0.25) is 0 Å². The number of aromatic nitrogens is 1. The molecule has 1 aromatic heterocycles. The summed E-state index contributed by atoms with van der Waals surface area (Å²) in [6.07, 6.45) is 4.03. The summed E-state index contributed by atoms with van der Waals surface area (Å²) in [7, 11) is 0. The maximum Gasteiger partial charge on any atom is 0.253 e. The van der Waals surface area contributed by atoms with Crippen LogP contribution in [0.3, 0.4) is 0 Å². The Morgan fingerprint density at radius 3 is 3.15 bits per heavy atom. The molecule has 1 aliphatic heterocycles. The number of nitrogens with one attached hydrogen (secondary N) is 1. The second-order valence-corrected chi connectivity index (χ2v) is 5.59. The van der Waals surface area contributed by atoms with Gasteiger partial charge in [-0.15, -0.1) is 0 Å². The number of benzene rings is 1. The van der Waals surface area contributed by atoms with E-state index in [2.05, 4.69) is 10.3 Å². The summed E-state index contributed by atoms with van der Waals surface area (Å²) in [6.45, 7) is 0.833. The quantitative estimate of drug-likeness (QED) is 0.908. The largest absolute Gasteiger partial charge is 0.378 e. The molecule has 3 atom stereocenters. The van der Waals surface area contributed by atoms with Crippen LogP contribution in [0.25, 0.3) is 10.9 Å². The van der Waals surface area contributed by atoms with Crippen LogP contribution in [0.4, 0.5) is 0 Å². The van der Waals surface area contributed by atoms with Crippen molar-refractivity contribution >= 4 is 16.8 Å². The lowest BCUT2D eigenvalue weighted by Gasteiger charge is -2.39. The predicted octanol–water partition coefficient (Wildman–Crippen LogP) is 2.14. The Bertz CT molecular complexity index is 670. The maximum absolute atomic E-state index is 12.3. The van der Waals surface area contributed by atoms with Crippen LogP contribution < -0.4 is 5.32 Å². The van der Waals surface area contributed by atoms with E-state index in [1.807, 2.05) is 30.3 Å². The van der Waals surface area contributed by atoms with Gasteiger partial charge in [0.05, 0.1) is 17.2 Å². The summed E-state index contributed by atoms with van der Waals surface area (Å²) < 4.78 is 5.56. The number of rotatable bonds is 2. The zero-order valence-electron chi connectivity index (χ0n) is 11.1.